The fourth-order valence-electron chi connectivity index (χ4n) is 2.87. The van der Waals surface area contributed by atoms with Crippen molar-refractivity contribution in [3.05, 3.63) is 64.3 Å². The third-order valence-corrected chi connectivity index (χ3v) is 5.10. The first kappa shape index (κ1) is 19.0. The van der Waals surface area contributed by atoms with E-state index < -0.39 is 0 Å². The summed E-state index contributed by atoms with van der Waals surface area (Å²) in [6.45, 7) is 8.49. The maximum Gasteiger partial charge on any atom is 0.263 e. The molecule has 2 heterocycles. The molecule has 0 unspecified atom stereocenters. The fraction of sp³-hybridized carbons (Fsp3) is 0.250. The molecule has 0 aliphatic heterocycles. The summed E-state index contributed by atoms with van der Waals surface area (Å²) in [5, 5.41) is 2.28. The van der Waals surface area contributed by atoms with Crippen LogP contribution < -0.4 is 5.56 Å². The molecule has 0 bridgehead atoms. The van der Waals surface area contributed by atoms with E-state index in [1.165, 1.54) is 34.4 Å². The topological polar surface area (TPSA) is 55.2 Å². The van der Waals surface area contributed by atoms with Crippen molar-refractivity contribution in [2.75, 3.05) is 13.1 Å². The summed E-state index contributed by atoms with van der Waals surface area (Å²) in [4.78, 5) is 32.1. The monoisotopic (exact) mass is 385 g/mol. The largest absolute Gasteiger partial charge is 0.337 e. The Morgan fingerprint density at radius 1 is 1.33 bits per heavy atom. The molecule has 140 valence electrons. The maximum atomic E-state index is 13.2. The normalized spacial score (nSPS) is 10.9. The van der Waals surface area contributed by atoms with Crippen molar-refractivity contribution in [2.24, 2.45) is 0 Å². The second-order valence-corrected chi connectivity index (χ2v) is 7.24. The van der Waals surface area contributed by atoms with Crippen molar-refractivity contribution >= 4 is 27.5 Å². The van der Waals surface area contributed by atoms with Gasteiger partial charge in [-0.15, -0.1) is 11.3 Å². The van der Waals surface area contributed by atoms with Crippen LogP contribution in [0.1, 0.15) is 13.8 Å². The number of thiophene rings is 1. The molecule has 0 radical (unpaired) electrons. The quantitative estimate of drug-likeness (QED) is 0.608. The lowest BCUT2D eigenvalue weighted by atomic mass is 10.1. The minimum Gasteiger partial charge on any atom is -0.337 e. The predicted molar refractivity (Wildman–Crippen MR) is 106 cm³/mol. The van der Waals surface area contributed by atoms with E-state index in [1.54, 1.807) is 17.0 Å². The van der Waals surface area contributed by atoms with Crippen molar-refractivity contribution < 1.29 is 9.18 Å². The number of halogens is 1. The molecule has 0 aliphatic rings. The number of carbonyl (C=O) groups excluding carboxylic acids is 1. The van der Waals surface area contributed by atoms with Gasteiger partial charge in [-0.25, -0.2) is 9.37 Å². The standard InChI is InChI=1S/C20H20FN3O2S/c1-4-23(9-13(2)3)17(25)10-24-12-22-19-18(20(24)26)16(11-27-19)14-5-7-15(21)8-6-14/h5-8,11-12H,2,4,9-10H2,1,3H3. The Morgan fingerprint density at radius 2 is 2.04 bits per heavy atom. The van der Waals surface area contributed by atoms with Crippen LogP contribution in [0.2, 0.25) is 0 Å². The first-order chi connectivity index (χ1) is 12.9. The highest BCUT2D eigenvalue weighted by atomic mass is 32.1. The lowest BCUT2D eigenvalue weighted by Crippen LogP contribution is -2.37. The molecule has 27 heavy (non-hydrogen) atoms. The molecule has 1 amide bonds. The number of aromatic nitrogens is 2. The minimum absolute atomic E-state index is 0.0817. The van der Waals surface area contributed by atoms with Crippen LogP contribution >= 0.6 is 11.3 Å². The first-order valence-electron chi connectivity index (χ1n) is 8.55. The Labute approximate surface area is 160 Å². The number of benzene rings is 1. The van der Waals surface area contributed by atoms with Crippen LogP contribution in [0.25, 0.3) is 21.3 Å². The molecular weight excluding hydrogens is 365 g/mol. The van der Waals surface area contributed by atoms with E-state index in [0.29, 0.717) is 28.9 Å². The third-order valence-electron chi connectivity index (χ3n) is 4.22. The van der Waals surface area contributed by atoms with Gasteiger partial charge < -0.3 is 4.90 Å². The van der Waals surface area contributed by atoms with E-state index in [-0.39, 0.29) is 23.8 Å². The minimum atomic E-state index is -0.336. The van der Waals surface area contributed by atoms with Gasteiger partial charge in [0.25, 0.3) is 5.56 Å². The highest BCUT2D eigenvalue weighted by Crippen LogP contribution is 2.30. The molecule has 0 saturated carbocycles. The number of likely N-dealkylation sites (N-methyl/N-ethyl adjacent to an activating group) is 1. The predicted octanol–water partition coefficient (Wildman–Crippen LogP) is 3.69. The molecule has 7 heteroatoms. The molecule has 2 aromatic heterocycles. The average molecular weight is 385 g/mol. The Bertz CT molecular complexity index is 1050. The summed E-state index contributed by atoms with van der Waals surface area (Å²) in [6.07, 6.45) is 1.40. The third kappa shape index (κ3) is 3.98. The van der Waals surface area contributed by atoms with Crippen molar-refractivity contribution in [3.8, 4) is 11.1 Å². The van der Waals surface area contributed by atoms with Gasteiger partial charge in [0.1, 0.15) is 17.2 Å². The average Bonchev–Trinajstić information content (AvgIpc) is 3.07. The Kier molecular flexibility index (Phi) is 5.51. The van der Waals surface area contributed by atoms with E-state index in [4.69, 9.17) is 0 Å². The molecule has 0 fully saturated rings. The van der Waals surface area contributed by atoms with Gasteiger partial charge in [0, 0.05) is 24.0 Å². The van der Waals surface area contributed by atoms with Crippen molar-refractivity contribution in [2.45, 2.75) is 20.4 Å². The Balaban J connectivity index is 1.98. The molecule has 0 spiro atoms. The molecule has 0 aliphatic carbocycles. The lowest BCUT2D eigenvalue weighted by molar-refractivity contribution is -0.131. The van der Waals surface area contributed by atoms with Gasteiger partial charge >= 0.3 is 0 Å². The van der Waals surface area contributed by atoms with Crippen LogP contribution in [0.3, 0.4) is 0 Å². The molecule has 0 atom stereocenters. The summed E-state index contributed by atoms with van der Waals surface area (Å²) in [5.41, 5.74) is 2.04. The highest BCUT2D eigenvalue weighted by Gasteiger charge is 2.17. The smallest absolute Gasteiger partial charge is 0.263 e. The molecule has 1 aromatic carbocycles. The van der Waals surface area contributed by atoms with E-state index in [0.717, 1.165) is 11.1 Å². The molecule has 5 nitrogen and oxygen atoms in total. The number of fused-ring (bicyclic) bond motifs is 1. The van der Waals surface area contributed by atoms with Gasteiger partial charge in [-0.2, -0.15) is 0 Å². The van der Waals surface area contributed by atoms with Gasteiger partial charge in [0.05, 0.1) is 11.7 Å². The van der Waals surface area contributed by atoms with E-state index in [1.807, 2.05) is 19.2 Å². The molecular formula is C20H20FN3O2S. The number of hydrogen-bond acceptors (Lipinski definition) is 4. The van der Waals surface area contributed by atoms with Crippen LogP contribution in [0.5, 0.6) is 0 Å². The van der Waals surface area contributed by atoms with E-state index in [2.05, 4.69) is 11.6 Å². The molecule has 0 saturated heterocycles. The molecule has 3 rings (SSSR count). The van der Waals surface area contributed by atoms with Crippen molar-refractivity contribution in [1.29, 1.82) is 0 Å². The summed E-state index contributed by atoms with van der Waals surface area (Å²) in [7, 11) is 0. The fourth-order valence-corrected chi connectivity index (χ4v) is 3.78. The highest BCUT2D eigenvalue weighted by molar-refractivity contribution is 7.17. The van der Waals surface area contributed by atoms with E-state index in [9.17, 15) is 14.0 Å². The van der Waals surface area contributed by atoms with Gasteiger partial charge in [0.15, 0.2) is 0 Å². The van der Waals surface area contributed by atoms with Crippen LogP contribution in [-0.2, 0) is 11.3 Å². The van der Waals surface area contributed by atoms with Crippen LogP contribution in [0.4, 0.5) is 4.39 Å². The summed E-state index contributed by atoms with van der Waals surface area (Å²) >= 11 is 1.35. The van der Waals surface area contributed by atoms with Gasteiger partial charge in [-0.3, -0.25) is 14.2 Å². The Morgan fingerprint density at radius 3 is 2.67 bits per heavy atom. The summed E-state index contributed by atoms with van der Waals surface area (Å²) in [5.74, 6) is -0.501. The number of nitrogens with zero attached hydrogens (tertiary/aromatic N) is 3. The second-order valence-electron chi connectivity index (χ2n) is 6.38. The zero-order valence-corrected chi connectivity index (χ0v) is 16.1. The second kappa shape index (κ2) is 7.84. The Hall–Kier alpha value is -2.80. The SMILES string of the molecule is C=C(C)CN(CC)C(=O)Cn1cnc2scc(-c3ccc(F)cc3)c2c1=O. The zero-order chi connectivity index (χ0) is 19.6. The van der Waals surface area contributed by atoms with Crippen molar-refractivity contribution in [1.82, 2.24) is 14.5 Å². The summed E-state index contributed by atoms with van der Waals surface area (Å²) < 4.78 is 14.5. The number of hydrogen-bond donors (Lipinski definition) is 0. The van der Waals surface area contributed by atoms with Gasteiger partial charge in [-0.05, 0) is 31.5 Å². The number of carbonyl (C=O) groups is 1. The van der Waals surface area contributed by atoms with Gasteiger partial charge in [-0.1, -0.05) is 24.3 Å². The molecule has 0 N–H and O–H groups in total. The van der Waals surface area contributed by atoms with Crippen molar-refractivity contribution in [3.63, 3.8) is 0 Å². The van der Waals surface area contributed by atoms with E-state index >= 15 is 0 Å². The molecule has 3 aromatic rings. The van der Waals surface area contributed by atoms with Crippen LogP contribution in [-0.4, -0.2) is 33.4 Å². The zero-order valence-electron chi connectivity index (χ0n) is 15.2. The number of amides is 1. The van der Waals surface area contributed by atoms with Crippen LogP contribution in [0.15, 0.2) is 52.9 Å². The summed E-state index contributed by atoms with van der Waals surface area (Å²) in [6, 6.07) is 5.97. The van der Waals surface area contributed by atoms with Gasteiger partial charge in [0.2, 0.25) is 5.91 Å². The van der Waals surface area contributed by atoms with Crippen LogP contribution in [0, 0.1) is 5.82 Å². The number of rotatable bonds is 6. The lowest BCUT2D eigenvalue weighted by Gasteiger charge is -2.21. The maximum absolute atomic E-state index is 13.2. The first-order valence-corrected chi connectivity index (χ1v) is 9.43.